The Morgan fingerprint density at radius 1 is 1.41 bits per heavy atom. The second-order valence-corrected chi connectivity index (χ2v) is 5.37. The number of nitro groups is 1. The Hall–Kier alpha value is -1.10. The molecule has 1 aromatic rings. The van der Waals surface area contributed by atoms with E-state index < -0.39 is 0 Å². The van der Waals surface area contributed by atoms with Crippen LogP contribution in [0.3, 0.4) is 0 Å². The summed E-state index contributed by atoms with van der Waals surface area (Å²) in [5, 5.41) is 14.1. The van der Waals surface area contributed by atoms with Crippen molar-refractivity contribution >= 4 is 27.3 Å². The lowest BCUT2D eigenvalue weighted by Gasteiger charge is -2.12. The third-order valence-corrected chi connectivity index (χ3v) is 3.71. The van der Waals surface area contributed by atoms with Crippen molar-refractivity contribution < 1.29 is 4.92 Å². The van der Waals surface area contributed by atoms with Crippen molar-refractivity contribution in [1.29, 1.82) is 0 Å². The Labute approximate surface area is 109 Å². The predicted octanol–water partition coefficient (Wildman–Crippen LogP) is 3.96. The lowest BCUT2D eigenvalue weighted by atomic mass is 10.1. The standard InChI is InChI=1S/C12H15BrN2O2/c13-10-5-6-11(12(7-10)15(16)17)14-8-9-3-1-2-4-9/h5-7,9,14H,1-4,8H2. The summed E-state index contributed by atoms with van der Waals surface area (Å²) in [6.45, 7) is 0.836. The van der Waals surface area contributed by atoms with E-state index in [-0.39, 0.29) is 10.6 Å². The van der Waals surface area contributed by atoms with E-state index in [0.29, 0.717) is 11.6 Å². The third kappa shape index (κ3) is 3.19. The van der Waals surface area contributed by atoms with Crippen molar-refractivity contribution in [3.8, 4) is 0 Å². The topological polar surface area (TPSA) is 55.2 Å². The molecule has 0 amide bonds. The van der Waals surface area contributed by atoms with Crippen molar-refractivity contribution in [2.24, 2.45) is 5.92 Å². The number of benzene rings is 1. The lowest BCUT2D eigenvalue weighted by Crippen LogP contribution is -2.12. The van der Waals surface area contributed by atoms with Crippen LogP contribution in [0.25, 0.3) is 0 Å². The van der Waals surface area contributed by atoms with Gasteiger partial charge in [-0.25, -0.2) is 0 Å². The van der Waals surface area contributed by atoms with Crippen molar-refractivity contribution in [3.63, 3.8) is 0 Å². The number of nitrogens with one attached hydrogen (secondary N) is 1. The summed E-state index contributed by atoms with van der Waals surface area (Å²) >= 11 is 3.25. The molecule has 1 aliphatic rings. The van der Waals surface area contributed by atoms with Gasteiger partial charge in [0.05, 0.1) is 4.92 Å². The number of nitro benzene ring substituents is 1. The second kappa shape index (κ2) is 5.49. The maximum atomic E-state index is 10.9. The van der Waals surface area contributed by atoms with Gasteiger partial charge in [0.15, 0.2) is 0 Å². The van der Waals surface area contributed by atoms with E-state index in [1.54, 1.807) is 6.07 Å². The molecular weight excluding hydrogens is 284 g/mol. The van der Waals surface area contributed by atoms with Gasteiger partial charge in [-0.3, -0.25) is 10.1 Å². The lowest BCUT2D eigenvalue weighted by molar-refractivity contribution is -0.384. The summed E-state index contributed by atoms with van der Waals surface area (Å²) in [4.78, 5) is 10.6. The zero-order valence-corrected chi connectivity index (χ0v) is 11.1. The Bertz CT molecular complexity index is 417. The minimum atomic E-state index is -0.345. The van der Waals surface area contributed by atoms with Crippen LogP contribution in [0.4, 0.5) is 11.4 Å². The number of hydrogen-bond acceptors (Lipinski definition) is 3. The summed E-state index contributed by atoms with van der Waals surface area (Å²) in [6, 6.07) is 5.12. The average molecular weight is 299 g/mol. The van der Waals surface area contributed by atoms with E-state index in [9.17, 15) is 10.1 Å². The fraction of sp³-hybridized carbons (Fsp3) is 0.500. The molecule has 17 heavy (non-hydrogen) atoms. The highest BCUT2D eigenvalue weighted by Gasteiger charge is 2.18. The molecule has 0 aliphatic heterocycles. The van der Waals surface area contributed by atoms with Gasteiger partial charge < -0.3 is 5.32 Å². The van der Waals surface area contributed by atoms with Gasteiger partial charge in [0.2, 0.25) is 0 Å². The van der Waals surface area contributed by atoms with Crippen LogP contribution in [0.1, 0.15) is 25.7 Å². The zero-order chi connectivity index (χ0) is 12.3. The van der Waals surface area contributed by atoms with Gasteiger partial charge >= 0.3 is 0 Å². The highest BCUT2D eigenvalue weighted by Crippen LogP contribution is 2.30. The van der Waals surface area contributed by atoms with E-state index in [2.05, 4.69) is 21.2 Å². The van der Waals surface area contributed by atoms with E-state index in [0.717, 1.165) is 11.0 Å². The van der Waals surface area contributed by atoms with Gasteiger partial charge in [-0.1, -0.05) is 28.8 Å². The molecule has 4 nitrogen and oxygen atoms in total. The molecule has 0 radical (unpaired) electrons. The molecule has 1 aromatic carbocycles. The molecule has 0 aromatic heterocycles. The molecule has 1 N–H and O–H groups in total. The third-order valence-electron chi connectivity index (χ3n) is 3.21. The van der Waals surface area contributed by atoms with Crippen molar-refractivity contribution in [1.82, 2.24) is 0 Å². The summed E-state index contributed by atoms with van der Waals surface area (Å²) in [5.41, 5.74) is 0.752. The normalized spacial score (nSPS) is 16.1. The van der Waals surface area contributed by atoms with Gasteiger partial charge in [-0.2, -0.15) is 0 Å². The highest BCUT2D eigenvalue weighted by molar-refractivity contribution is 9.10. The van der Waals surface area contributed by atoms with Gasteiger partial charge in [0, 0.05) is 17.1 Å². The molecular formula is C12H15BrN2O2. The summed E-state index contributed by atoms with van der Waals surface area (Å²) in [7, 11) is 0. The highest BCUT2D eigenvalue weighted by atomic mass is 79.9. The fourth-order valence-electron chi connectivity index (χ4n) is 2.27. The summed E-state index contributed by atoms with van der Waals surface area (Å²) in [5.74, 6) is 0.665. The van der Waals surface area contributed by atoms with Crippen molar-refractivity contribution in [2.45, 2.75) is 25.7 Å². The van der Waals surface area contributed by atoms with Crippen LogP contribution in [0.15, 0.2) is 22.7 Å². The van der Waals surface area contributed by atoms with Crippen LogP contribution in [0.2, 0.25) is 0 Å². The van der Waals surface area contributed by atoms with Gasteiger partial charge in [-0.15, -0.1) is 0 Å². The Kier molecular flexibility index (Phi) is 3.99. The Balaban J connectivity index is 2.06. The number of hydrogen-bond donors (Lipinski definition) is 1. The smallest absolute Gasteiger partial charge is 0.293 e. The fourth-order valence-corrected chi connectivity index (χ4v) is 2.62. The Morgan fingerprint density at radius 2 is 2.12 bits per heavy atom. The van der Waals surface area contributed by atoms with E-state index in [1.165, 1.54) is 31.7 Å². The first-order chi connectivity index (χ1) is 8.16. The van der Waals surface area contributed by atoms with E-state index in [1.807, 2.05) is 6.07 Å². The first-order valence-corrected chi connectivity index (χ1v) is 6.64. The van der Waals surface area contributed by atoms with Crippen LogP contribution in [0.5, 0.6) is 0 Å². The molecule has 0 heterocycles. The Morgan fingerprint density at radius 3 is 2.76 bits per heavy atom. The molecule has 0 saturated heterocycles. The van der Waals surface area contributed by atoms with Gasteiger partial charge in [-0.05, 0) is 30.9 Å². The van der Waals surface area contributed by atoms with Crippen LogP contribution >= 0.6 is 15.9 Å². The summed E-state index contributed by atoms with van der Waals surface area (Å²) in [6.07, 6.45) is 5.04. The molecule has 0 spiro atoms. The van der Waals surface area contributed by atoms with Gasteiger partial charge in [0.25, 0.3) is 5.69 Å². The molecule has 5 heteroatoms. The number of anilines is 1. The quantitative estimate of drug-likeness (QED) is 0.676. The predicted molar refractivity (Wildman–Crippen MR) is 71.2 cm³/mol. The van der Waals surface area contributed by atoms with Crippen LogP contribution in [-0.4, -0.2) is 11.5 Å². The molecule has 0 atom stereocenters. The monoisotopic (exact) mass is 298 g/mol. The van der Waals surface area contributed by atoms with Crippen LogP contribution in [0, 0.1) is 16.0 Å². The second-order valence-electron chi connectivity index (χ2n) is 4.45. The first kappa shape index (κ1) is 12.4. The molecule has 92 valence electrons. The van der Waals surface area contributed by atoms with Crippen LogP contribution < -0.4 is 5.32 Å². The SMILES string of the molecule is O=[N+]([O-])c1cc(Br)ccc1NCC1CCCC1. The van der Waals surface area contributed by atoms with Gasteiger partial charge in [0.1, 0.15) is 5.69 Å². The number of halogens is 1. The largest absolute Gasteiger partial charge is 0.379 e. The van der Waals surface area contributed by atoms with E-state index >= 15 is 0 Å². The minimum Gasteiger partial charge on any atom is -0.379 e. The van der Waals surface area contributed by atoms with Crippen LogP contribution in [-0.2, 0) is 0 Å². The van der Waals surface area contributed by atoms with E-state index in [4.69, 9.17) is 0 Å². The van der Waals surface area contributed by atoms with Crippen molar-refractivity contribution in [2.75, 3.05) is 11.9 Å². The average Bonchev–Trinajstić information content (AvgIpc) is 2.80. The summed E-state index contributed by atoms with van der Waals surface area (Å²) < 4.78 is 0.732. The zero-order valence-electron chi connectivity index (χ0n) is 9.49. The maximum Gasteiger partial charge on any atom is 0.293 e. The minimum absolute atomic E-state index is 0.136. The number of rotatable bonds is 4. The molecule has 2 rings (SSSR count). The maximum absolute atomic E-state index is 10.9. The van der Waals surface area contributed by atoms with Crippen molar-refractivity contribution in [3.05, 3.63) is 32.8 Å². The molecule has 1 fully saturated rings. The molecule has 0 unspecified atom stereocenters. The first-order valence-electron chi connectivity index (χ1n) is 5.84. The molecule has 1 aliphatic carbocycles. The molecule has 0 bridgehead atoms. The molecule has 1 saturated carbocycles. The number of nitrogens with zero attached hydrogens (tertiary/aromatic N) is 1.